The van der Waals surface area contributed by atoms with Gasteiger partial charge in [0, 0.05) is 14.1 Å². The van der Waals surface area contributed by atoms with Crippen LogP contribution in [0.1, 0.15) is 5.56 Å². The Morgan fingerprint density at radius 2 is 1.88 bits per heavy atom. The summed E-state index contributed by atoms with van der Waals surface area (Å²) in [6.45, 7) is 0. The Morgan fingerprint density at radius 1 is 1.29 bits per heavy atom. The van der Waals surface area contributed by atoms with Gasteiger partial charge in [-0.15, -0.1) is 12.4 Å². The summed E-state index contributed by atoms with van der Waals surface area (Å²) in [4.78, 5) is 5.49. The van der Waals surface area contributed by atoms with Gasteiger partial charge in [0.05, 0.1) is 22.6 Å². The molecule has 1 aromatic carbocycles. The van der Waals surface area contributed by atoms with E-state index >= 15 is 0 Å². The Kier molecular flexibility index (Phi) is 5.78. The molecule has 0 aliphatic carbocycles. The van der Waals surface area contributed by atoms with Gasteiger partial charge >= 0.3 is 6.18 Å². The molecule has 96 valence electrons. The van der Waals surface area contributed by atoms with Gasteiger partial charge in [0.1, 0.15) is 0 Å². The van der Waals surface area contributed by atoms with Crippen LogP contribution in [0.15, 0.2) is 23.2 Å². The summed E-state index contributed by atoms with van der Waals surface area (Å²) in [5.74, 6) is 0. The number of hydrogen-bond donors (Lipinski definition) is 0. The van der Waals surface area contributed by atoms with E-state index in [0.29, 0.717) is 0 Å². The molecule has 0 aromatic heterocycles. The highest BCUT2D eigenvalue weighted by molar-refractivity contribution is 6.31. The van der Waals surface area contributed by atoms with E-state index in [-0.39, 0.29) is 23.1 Å². The topological polar surface area (TPSA) is 15.6 Å². The molecule has 2 nitrogen and oxygen atoms in total. The lowest BCUT2D eigenvalue weighted by Gasteiger charge is -2.09. The molecule has 0 atom stereocenters. The molecule has 0 spiro atoms. The van der Waals surface area contributed by atoms with E-state index in [0.717, 1.165) is 6.07 Å². The normalized spacial score (nSPS) is 11.4. The Labute approximate surface area is 108 Å². The maximum Gasteiger partial charge on any atom is 0.417 e. The lowest BCUT2D eigenvalue weighted by atomic mass is 10.2. The first-order chi connectivity index (χ1) is 7.30. The Morgan fingerprint density at radius 3 is 2.35 bits per heavy atom. The Hall–Kier alpha value is -0.940. The molecule has 0 saturated heterocycles. The summed E-state index contributed by atoms with van der Waals surface area (Å²) in [5, 5.41) is -0.323. The van der Waals surface area contributed by atoms with Gasteiger partial charge in [-0.2, -0.15) is 13.2 Å². The minimum absolute atomic E-state index is 0. The number of rotatable bonds is 2. The molecule has 0 aliphatic rings. The maximum atomic E-state index is 12.5. The molecule has 0 amide bonds. The molecule has 0 fully saturated rings. The van der Waals surface area contributed by atoms with E-state index in [1.165, 1.54) is 18.5 Å². The summed E-state index contributed by atoms with van der Waals surface area (Å²) in [6, 6.07) is 3.53. The highest BCUT2D eigenvalue weighted by atomic mass is 35.5. The number of hydrogen-bond acceptors (Lipinski definition) is 1. The van der Waals surface area contributed by atoms with Crippen molar-refractivity contribution < 1.29 is 13.2 Å². The molecule has 0 bridgehead atoms. The molecule has 7 heteroatoms. The first-order valence-electron chi connectivity index (χ1n) is 4.38. The summed E-state index contributed by atoms with van der Waals surface area (Å²) in [5.41, 5.74) is -0.659. The van der Waals surface area contributed by atoms with Crippen LogP contribution >= 0.6 is 24.0 Å². The zero-order valence-electron chi connectivity index (χ0n) is 9.12. The maximum absolute atomic E-state index is 12.5. The summed E-state index contributed by atoms with van der Waals surface area (Å²) in [7, 11) is 3.45. The summed E-state index contributed by atoms with van der Waals surface area (Å²) >= 11 is 5.46. The van der Waals surface area contributed by atoms with Gasteiger partial charge in [-0.3, -0.25) is 0 Å². The smallest absolute Gasteiger partial charge is 0.369 e. The highest BCUT2D eigenvalue weighted by Gasteiger charge is 2.33. The molecule has 1 aromatic rings. The fourth-order valence-electron chi connectivity index (χ4n) is 0.993. The zero-order chi connectivity index (χ0) is 12.3. The van der Waals surface area contributed by atoms with Gasteiger partial charge in [0.25, 0.3) is 0 Å². The van der Waals surface area contributed by atoms with Gasteiger partial charge in [-0.05, 0) is 18.2 Å². The number of benzene rings is 1. The van der Waals surface area contributed by atoms with Crippen molar-refractivity contribution in [3.63, 3.8) is 0 Å². The van der Waals surface area contributed by atoms with Crippen LogP contribution < -0.4 is 0 Å². The molecular weight excluding hydrogens is 276 g/mol. The second kappa shape index (κ2) is 6.12. The quantitative estimate of drug-likeness (QED) is 0.593. The van der Waals surface area contributed by atoms with Gasteiger partial charge in [0.15, 0.2) is 0 Å². The van der Waals surface area contributed by atoms with Crippen LogP contribution in [0.2, 0.25) is 5.02 Å². The van der Waals surface area contributed by atoms with E-state index in [1.807, 2.05) is 0 Å². The van der Waals surface area contributed by atoms with E-state index < -0.39 is 11.7 Å². The molecule has 0 unspecified atom stereocenters. The van der Waals surface area contributed by atoms with Crippen molar-refractivity contribution in [1.82, 2.24) is 4.90 Å². The molecule has 0 aliphatic heterocycles. The third-order valence-corrected chi connectivity index (χ3v) is 2.02. The van der Waals surface area contributed by atoms with E-state index in [4.69, 9.17) is 11.6 Å². The van der Waals surface area contributed by atoms with Crippen LogP contribution in [0.25, 0.3) is 0 Å². The van der Waals surface area contributed by atoms with Crippen molar-refractivity contribution in [2.24, 2.45) is 4.99 Å². The first kappa shape index (κ1) is 16.1. The van der Waals surface area contributed by atoms with Crippen molar-refractivity contribution in [2.75, 3.05) is 14.1 Å². The molecular formula is C10H11Cl2F3N2. The van der Waals surface area contributed by atoms with Crippen LogP contribution in [-0.4, -0.2) is 25.3 Å². The average molecular weight is 287 g/mol. The third-order valence-electron chi connectivity index (χ3n) is 1.69. The average Bonchev–Trinajstić information content (AvgIpc) is 2.14. The molecule has 1 rings (SSSR count). The largest absolute Gasteiger partial charge is 0.417 e. The van der Waals surface area contributed by atoms with Gasteiger partial charge in [-0.1, -0.05) is 11.6 Å². The lowest BCUT2D eigenvalue weighted by Crippen LogP contribution is -2.07. The van der Waals surface area contributed by atoms with Crippen LogP contribution in [0.4, 0.5) is 18.9 Å². The fraction of sp³-hybridized carbons (Fsp3) is 0.300. The fourth-order valence-corrected chi connectivity index (χ4v) is 1.22. The number of aliphatic imine (C=N–C) groups is 1. The van der Waals surface area contributed by atoms with E-state index in [9.17, 15) is 13.2 Å². The number of nitrogens with zero attached hydrogens (tertiary/aromatic N) is 2. The molecule has 0 radical (unpaired) electrons. The van der Waals surface area contributed by atoms with E-state index in [1.54, 1.807) is 19.0 Å². The minimum atomic E-state index is -4.46. The standard InChI is InChI=1S/C10H10ClF3N2.ClH/c1-16(2)6-15-7-3-4-9(11)8(5-7)10(12,13)14;/h3-6H,1-2H3;1H. The Balaban J connectivity index is 0.00000256. The molecule has 17 heavy (non-hydrogen) atoms. The first-order valence-corrected chi connectivity index (χ1v) is 4.76. The van der Waals surface area contributed by atoms with Gasteiger partial charge in [-0.25, -0.2) is 4.99 Å². The third kappa shape index (κ3) is 4.83. The zero-order valence-corrected chi connectivity index (χ0v) is 10.7. The van der Waals surface area contributed by atoms with Gasteiger partial charge in [0.2, 0.25) is 0 Å². The number of halogens is 5. The van der Waals surface area contributed by atoms with Crippen molar-refractivity contribution in [3.8, 4) is 0 Å². The van der Waals surface area contributed by atoms with Crippen LogP contribution in [0, 0.1) is 0 Å². The van der Waals surface area contributed by atoms with Crippen LogP contribution in [0.3, 0.4) is 0 Å². The van der Waals surface area contributed by atoms with Crippen LogP contribution in [-0.2, 0) is 6.18 Å². The summed E-state index contributed by atoms with van der Waals surface area (Å²) < 4.78 is 37.4. The highest BCUT2D eigenvalue weighted by Crippen LogP contribution is 2.36. The van der Waals surface area contributed by atoms with E-state index in [2.05, 4.69) is 4.99 Å². The molecule has 0 saturated carbocycles. The molecule has 0 N–H and O–H groups in total. The second-order valence-corrected chi connectivity index (χ2v) is 3.78. The van der Waals surface area contributed by atoms with Crippen LogP contribution in [0.5, 0.6) is 0 Å². The van der Waals surface area contributed by atoms with Gasteiger partial charge < -0.3 is 4.90 Å². The monoisotopic (exact) mass is 286 g/mol. The predicted octanol–water partition coefficient (Wildman–Crippen LogP) is 4.00. The SMILES string of the molecule is CN(C)C=Nc1ccc(Cl)c(C(F)(F)F)c1.Cl. The Bertz CT molecular complexity index is 403. The minimum Gasteiger partial charge on any atom is -0.369 e. The van der Waals surface area contributed by atoms with Crippen molar-refractivity contribution in [1.29, 1.82) is 0 Å². The summed E-state index contributed by atoms with van der Waals surface area (Å²) in [6.07, 6.45) is -3.04. The van der Waals surface area contributed by atoms with Crippen molar-refractivity contribution >= 4 is 36.0 Å². The lowest BCUT2D eigenvalue weighted by molar-refractivity contribution is -0.137. The van der Waals surface area contributed by atoms with Crippen molar-refractivity contribution in [2.45, 2.75) is 6.18 Å². The number of alkyl halides is 3. The second-order valence-electron chi connectivity index (χ2n) is 3.37. The molecule has 0 heterocycles. The predicted molar refractivity (Wildman–Crippen MR) is 65.5 cm³/mol. The van der Waals surface area contributed by atoms with Crippen molar-refractivity contribution in [3.05, 3.63) is 28.8 Å².